The molecule has 0 atom stereocenters. The highest BCUT2D eigenvalue weighted by atomic mass is 35.5. The van der Waals surface area contributed by atoms with Crippen LogP contribution in [0.1, 0.15) is 18.1 Å². The molecule has 0 saturated heterocycles. The van der Waals surface area contributed by atoms with Crippen LogP contribution in [0.4, 0.5) is 5.69 Å². The molecule has 1 heterocycles. The van der Waals surface area contributed by atoms with E-state index in [2.05, 4.69) is 27.7 Å². The van der Waals surface area contributed by atoms with Crippen molar-refractivity contribution in [3.63, 3.8) is 0 Å². The Morgan fingerprint density at radius 1 is 1.20 bits per heavy atom. The van der Waals surface area contributed by atoms with E-state index in [1.165, 1.54) is 4.80 Å². The van der Waals surface area contributed by atoms with E-state index >= 15 is 0 Å². The number of nitrogens with zero attached hydrogens (tertiary/aromatic N) is 4. The Morgan fingerprint density at radius 3 is 2.68 bits per heavy atom. The molecule has 1 amide bonds. The van der Waals surface area contributed by atoms with E-state index in [1.54, 1.807) is 12.1 Å². The number of hydrogen-bond acceptors (Lipinski definition) is 4. The van der Waals surface area contributed by atoms with Crippen molar-refractivity contribution >= 4 is 23.2 Å². The fourth-order valence-corrected chi connectivity index (χ4v) is 2.66. The molecule has 7 heteroatoms. The van der Waals surface area contributed by atoms with Crippen molar-refractivity contribution in [2.45, 2.75) is 26.8 Å². The molecule has 0 aliphatic carbocycles. The molecule has 2 aromatic carbocycles. The molecule has 0 aliphatic heterocycles. The van der Waals surface area contributed by atoms with Crippen molar-refractivity contribution < 1.29 is 4.79 Å². The standard InChI is InChI=1S/C18H18ClN5O/c1-3-13-6-4-5-12(2)17(13)20-16(25)11-24-22-18(21-23-24)14-7-9-15(19)10-8-14/h4-10H,3,11H2,1-2H3,(H,20,25). The first kappa shape index (κ1) is 17.1. The normalized spacial score (nSPS) is 10.7. The minimum atomic E-state index is -0.191. The minimum absolute atomic E-state index is 0.00191. The van der Waals surface area contributed by atoms with Crippen LogP contribution in [0.15, 0.2) is 42.5 Å². The van der Waals surface area contributed by atoms with Gasteiger partial charge in [-0.2, -0.15) is 4.80 Å². The first-order chi connectivity index (χ1) is 12.1. The first-order valence-corrected chi connectivity index (χ1v) is 8.36. The lowest BCUT2D eigenvalue weighted by atomic mass is 10.1. The van der Waals surface area contributed by atoms with E-state index in [0.29, 0.717) is 10.8 Å². The first-order valence-electron chi connectivity index (χ1n) is 7.99. The lowest BCUT2D eigenvalue weighted by Gasteiger charge is -2.12. The molecule has 1 N–H and O–H groups in total. The van der Waals surface area contributed by atoms with Crippen LogP contribution < -0.4 is 5.32 Å². The minimum Gasteiger partial charge on any atom is -0.324 e. The number of anilines is 1. The van der Waals surface area contributed by atoms with E-state index in [9.17, 15) is 4.79 Å². The highest BCUT2D eigenvalue weighted by Crippen LogP contribution is 2.21. The number of rotatable bonds is 5. The molecule has 0 saturated carbocycles. The Labute approximate surface area is 150 Å². The van der Waals surface area contributed by atoms with Crippen molar-refractivity contribution in [3.05, 3.63) is 58.6 Å². The molecule has 3 rings (SSSR count). The highest BCUT2D eigenvalue weighted by Gasteiger charge is 2.12. The predicted molar refractivity (Wildman–Crippen MR) is 97.4 cm³/mol. The van der Waals surface area contributed by atoms with Gasteiger partial charge in [-0.3, -0.25) is 4.79 Å². The second kappa shape index (κ2) is 7.44. The van der Waals surface area contributed by atoms with Crippen molar-refractivity contribution in [1.29, 1.82) is 0 Å². The van der Waals surface area contributed by atoms with Crippen molar-refractivity contribution in [2.24, 2.45) is 0 Å². The Morgan fingerprint density at radius 2 is 1.96 bits per heavy atom. The molecule has 0 aliphatic rings. The third-order valence-electron chi connectivity index (χ3n) is 3.84. The summed E-state index contributed by atoms with van der Waals surface area (Å²) in [7, 11) is 0. The number of carbonyl (C=O) groups excluding carboxylic acids is 1. The molecule has 0 bridgehead atoms. The summed E-state index contributed by atoms with van der Waals surface area (Å²) in [4.78, 5) is 13.6. The summed E-state index contributed by atoms with van der Waals surface area (Å²) < 4.78 is 0. The summed E-state index contributed by atoms with van der Waals surface area (Å²) in [5, 5.41) is 15.8. The molecule has 1 aromatic heterocycles. The molecular weight excluding hydrogens is 338 g/mol. The second-order valence-corrected chi connectivity index (χ2v) is 6.10. The number of benzene rings is 2. The van der Waals surface area contributed by atoms with Gasteiger partial charge in [0.15, 0.2) is 0 Å². The Bertz CT molecular complexity index is 889. The molecule has 6 nitrogen and oxygen atoms in total. The zero-order valence-corrected chi connectivity index (χ0v) is 14.8. The topological polar surface area (TPSA) is 72.7 Å². The fraction of sp³-hybridized carbons (Fsp3) is 0.222. The fourth-order valence-electron chi connectivity index (χ4n) is 2.53. The summed E-state index contributed by atoms with van der Waals surface area (Å²) >= 11 is 5.87. The largest absolute Gasteiger partial charge is 0.324 e. The van der Waals surface area contributed by atoms with Crippen LogP contribution >= 0.6 is 11.6 Å². The monoisotopic (exact) mass is 355 g/mol. The number of carbonyl (C=O) groups is 1. The van der Waals surface area contributed by atoms with E-state index in [4.69, 9.17) is 11.6 Å². The zero-order chi connectivity index (χ0) is 17.8. The number of hydrogen-bond donors (Lipinski definition) is 1. The Hall–Kier alpha value is -2.73. The zero-order valence-electron chi connectivity index (χ0n) is 14.0. The van der Waals surface area contributed by atoms with Gasteiger partial charge in [0.2, 0.25) is 11.7 Å². The lowest BCUT2D eigenvalue weighted by molar-refractivity contribution is -0.117. The predicted octanol–water partition coefficient (Wildman–Crippen LogP) is 3.50. The number of para-hydroxylation sites is 1. The van der Waals surface area contributed by atoms with Gasteiger partial charge in [-0.25, -0.2) is 0 Å². The maximum absolute atomic E-state index is 12.3. The second-order valence-electron chi connectivity index (χ2n) is 5.66. The van der Waals surface area contributed by atoms with Crippen molar-refractivity contribution in [3.8, 4) is 11.4 Å². The van der Waals surface area contributed by atoms with Crippen LogP contribution in [-0.4, -0.2) is 26.1 Å². The third-order valence-corrected chi connectivity index (χ3v) is 4.10. The lowest BCUT2D eigenvalue weighted by Crippen LogP contribution is -2.21. The number of halogens is 1. The Kier molecular flexibility index (Phi) is 5.09. The van der Waals surface area contributed by atoms with Gasteiger partial charge in [-0.15, -0.1) is 10.2 Å². The summed E-state index contributed by atoms with van der Waals surface area (Å²) in [6, 6.07) is 13.1. The van der Waals surface area contributed by atoms with Gasteiger partial charge in [0.1, 0.15) is 6.54 Å². The summed E-state index contributed by atoms with van der Waals surface area (Å²) in [5.74, 6) is 0.263. The molecule has 3 aromatic rings. The van der Waals surface area contributed by atoms with Gasteiger partial charge in [-0.05, 0) is 54.0 Å². The highest BCUT2D eigenvalue weighted by molar-refractivity contribution is 6.30. The third kappa shape index (κ3) is 4.03. The summed E-state index contributed by atoms with van der Waals surface area (Å²) in [5.41, 5.74) is 3.78. The van der Waals surface area contributed by atoms with Crippen LogP contribution in [0.2, 0.25) is 5.02 Å². The van der Waals surface area contributed by atoms with Crippen LogP contribution in [0.25, 0.3) is 11.4 Å². The average Bonchev–Trinajstić information content (AvgIpc) is 3.05. The van der Waals surface area contributed by atoms with E-state index in [-0.39, 0.29) is 12.5 Å². The van der Waals surface area contributed by atoms with Gasteiger partial charge in [0, 0.05) is 16.3 Å². The number of aromatic nitrogens is 4. The smallest absolute Gasteiger partial charge is 0.248 e. The van der Waals surface area contributed by atoms with Crippen molar-refractivity contribution in [1.82, 2.24) is 20.2 Å². The quantitative estimate of drug-likeness (QED) is 0.760. The summed E-state index contributed by atoms with van der Waals surface area (Å²) in [6.07, 6.45) is 0.847. The molecule has 25 heavy (non-hydrogen) atoms. The number of tetrazole rings is 1. The van der Waals surface area contributed by atoms with E-state index in [1.807, 2.05) is 37.3 Å². The molecular formula is C18H18ClN5O. The van der Waals surface area contributed by atoms with Crippen LogP contribution in [0, 0.1) is 6.92 Å². The van der Waals surface area contributed by atoms with E-state index in [0.717, 1.165) is 28.8 Å². The number of nitrogens with one attached hydrogen (secondary N) is 1. The van der Waals surface area contributed by atoms with Gasteiger partial charge in [0.05, 0.1) is 0 Å². The molecule has 0 radical (unpaired) electrons. The molecule has 128 valence electrons. The van der Waals surface area contributed by atoms with E-state index < -0.39 is 0 Å². The molecule has 0 spiro atoms. The van der Waals surface area contributed by atoms with Gasteiger partial charge < -0.3 is 5.32 Å². The average molecular weight is 356 g/mol. The summed E-state index contributed by atoms with van der Waals surface area (Å²) in [6.45, 7) is 4.03. The van der Waals surface area contributed by atoms with Gasteiger partial charge in [-0.1, -0.05) is 36.7 Å². The Balaban J connectivity index is 1.71. The van der Waals surface area contributed by atoms with Crippen LogP contribution in [0.3, 0.4) is 0 Å². The van der Waals surface area contributed by atoms with Gasteiger partial charge in [0.25, 0.3) is 0 Å². The van der Waals surface area contributed by atoms with Crippen LogP contribution in [-0.2, 0) is 17.8 Å². The number of amides is 1. The maximum Gasteiger partial charge on any atom is 0.248 e. The van der Waals surface area contributed by atoms with Crippen molar-refractivity contribution in [2.75, 3.05) is 5.32 Å². The maximum atomic E-state index is 12.3. The molecule has 0 unspecified atom stereocenters. The van der Waals surface area contributed by atoms with Crippen LogP contribution in [0.5, 0.6) is 0 Å². The SMILES string of the molecule is CCc1cccc(C)c1NC(=O)Cn1nnc(-c2ccc(Cl)cc2)n1. The number of aryl methyl sites for hydroxylation is 2. The molecule has 0 fully saturated rings. The van der Waals surface area contributed by atoms with Gasteiger partial charge >= 0.3 is 0 Å².